The number of hydrogen-bond donors (Lipinski definition) is 2. The zero-order chi connectivity index (χ0) is 13.0. The highest BCUT2D eigenvalue weighted by atomic mass is 35.5. The molecule has 92 valence electrons. The summed E-state index contributed by atoms with van der Waals surface area (Å²) < 4.78 is 0. The van der Waals surface area contributed by atoms with E-state index < -0.39 is 0 Å². The van der Waals surface area contributed by atoms with Gasteiger partial charge in [0, 0.05) is 18.4 Å². The summed E-state index contributed by atoms with van der Waals surface area (Å²) in [6.07, 6.45) is 1.44. The molecule has 1 aromatic carbocycles. The first-order chi connectivity index (χ1) is 8.65. The number of carbonyl (C=O) groups is 1. The van der Waals surface area contributed by atoms with Gasteiger partial charge in [-0.1, -0.05) is 23.7 Å². The molecule has 5 heteroatoms. The number of nitrogens with two attached hydrogens (primary N) is 1. The van der Waals surface area contributed by atoms with Gasteiger partial charge in [-0.3, -0.25) is 4.79 Å². The van der Waals surface area contributed by atoms with Crippen molar-refractivity contribution in [3.63, 3.8) is 0 Å². The molecule has 4 nitrogen and oxygen atoms in total. The zero-order valence-electron chi connectivity index (χ0n) is 9.56. The third-order valence-electron chi connectivity index (χ3n) is 2.36. The maximum absolute atomic E-state index is 11.8. The third-order valence-corrected chi connectivity index (χ3v) is 2.59. The van der Waals surface area contributed by atoms with Crippen molar-refractivity contribution in [1.82, 2.24) is 10.3 Å². The van der Waals surface area contributed by atoms with Gasteiger partial charge < -0.3 is 11.1 Å². The first-order valence-corrected chi connectivity index (χ1v) is 5.77. The second-order valence-electron chi connectivity index (χ2n) is 3.79. The van der Waals surface area contributed by atoms with Crippen LogP contribution in [0.2, 0.25) is 5.02 Å². The summed E-state index contributed by atoms with van der Waals surface area (Å²) in [5.41, 5.74) is 7.60. The van der Waals surface area contributed by atoms with Gasteiger partial charge in [-0.05, 0) is 29.8 Å². The Morgan fingerprint density at radius 3 is 2.83 bits per heavy atom. The third kappa shape index (κ3) is 3.21. The summed E-state index contributed by atoms with van der Waals surface area (Å²) in [7, 11) is 0. The van der Waals surface area contributed by atoms with E-state index >= 15 is 0 Å². The normalized spacial score (nSPS) is 10.1. The van der Waals surface area contributed by atoms with Crippen molar-refractivity contribution in [1.29, 1.82) is 0 Å². The molecule has 0 aliphatic carbocycles. The molecule has 0 saturated heterocycles. The number of nitrogens with zero attached hydrogens (tertiary/aromatic N) is 1. The fourth-order valence-corrected chi connectivity index (χ4v) is 1.60. The summed E-state index contributed by atoms with van der Waals surface area (Å²) in [5, 5.41) is 3.26. The zero-order valence-corrected chi connectivity index (χ0v) is 10.3. The Labute approximate surface area is 110 Å². The van der Waals surface area contributed by atoms with Gasteiger partial charge in [0.1, 0.15) is 5.69 Å². The number of halogens is 1. The lowest BCUT2D eigenvalue weighted by Gasteiger charge is -2.05. The molecule has 0 bridgehead atoms. The number of hydrogen-bond acceptors (Lipinski definition) is 3. The molecule has 18 heavy (non-hydrogen) atoms. The maximum atomic E-state index is 11.8. The quantitative estimate of drug-likeness (QED) is 0.833. The van der Waals surface area contributed by atoms with Gasteiger partial charge in [-0.15, -0.1) is 0 Å². The summed E-state index contributed by atoms with van der Waals surface area (Å²) in [6.45, 7) is 0.411. The van der Waals surface area contributed by atoms with Crippen LogP contribution in [0.4, 0.5) is 5.69 Å². The molecule has 0 aliphatic heterocycles. The Balaban J connectivity index is 1.98. The number of nitrogens with one attached hydrogen (secondary N) is 1. The molecule has 0 fully saturated rings. The van der Waals surface area contributed by atoms with Gasteiger partial charge in [-0.25, -0.2) is 4.98 Å². The second kappa shape index (κ2) is 5.51. The minimum Gasteiger partial charge on any atom is -0.399 e. The van der Waals surface area contributed by atoms with Crippen LogP contribution in [0, 0.1) is 0 Å². The van der Waals surface area contributed by atoms with Gasteiger partial charge in [-0.2, -0.15) is 0 Å². The van der Waals surface area contributed by atoms with Crippen LogP contribution in [0.5, 0.6) is 0 Å². The second-order valence-corrected chi connectivity index (χ2v) is 4.23. The van der Waals surface area contributed by atoms with E-state index in [0.717, 1.165) is 5.56 Å². The Bertz CT molecular complexity index is 554. The Morgan fingerprint density at radius 1 is 1.33 bits per heavy atom. The van der Waals surface area contributed by atoms with Crippen LogP contribution in [-0.2, 0) is 6.54 Å². The number of benzene rings is 1. The van der Waals surface area contributed by atoms with E-state index in [9.17, 15) is 4.79 Å². The molecular weight excluding hydrogens is 250 g/mol. The molecule has 1 heterocycles. The molecule has 2 aromatic rings. The first kappa shape index (κ1) is 12.4. The predicted octanol–water partition coefficient (Wildman–Crippen LogP) is 2.25. The van der Waals surface area contributed by atoms with Crippen molar-refractivity contribution in [2.75, 3.05) is 5.73 Å². The van der Waals surface area contributed by atoms with Crippen LogP contribution >= 0.6 is 11.6 Å². The Hall–Kier alpha value is -2.07. The summed E-state index contributed by atoms with van der Waals surface area (Å²) in [5.74, 6) is -0.242. The SMILES string of the molecule is Nc1cccc(CNC(=O)c2ccc(Cl)cn2)c1. The van der Waals surface area contributed by atoms with E-state index in [2.05, 4.69) is 10.3 Å². The van der Waals surface area contributed by atoms with Gasteiger partial charge in [0.15, 0.2) is 0 Å². The van der Waals surface area contributed by atoms with Gasteiger partial charge in [0.25, 0.3) is 5.91 Å². The van der Waals surface area contributed by atoms with Gasteiger partial charge >= 0.3 is 0 Å². The van der Waals surface area contributed by atoms with Gasteiger partial charge in [0.2, 0.25) is 0 Å². The molecule has 0 unspecified atom stereocenters. The lowest BCUT2D eigenvalue weighted by atomic mass is 10.2. The molecule has 3 N–H and O–H groups in total. The molecule has 0 atom stereocenters. The fraction of sp³-hybridized carbons (Fsp3) is 0.0769. The number of nitrogen functional groups attached to an aromatic ring is 1. The van der Waals surface area contributed by atoms with Crippen molar-refractivity contribution in [3.8, 4) is 0 Å². The lowest BCUT2D eigenvalue weighted by Crippen LogP contribution is -2.23. The van der Waals surface area contributed by atoms with Crippen LogP contribution in [0.3, 0.4) is 0 Å². The van der Waals surface area contributed by atoms with Crippen LogP contribution in [0.25, 0.3) is 0 Å². The standard InChI is InChI=1S/C13H12ClN3O/c14-10-4-5-12(16-8-10)13(18)17-7-9-2-1-3-11(15)6-9/h1-6,8H,7,15H2,(H,17,18). The fourth-order valence-electron chi connectivity index (χ4n) is 1.49. The van der Waals surface area contributed by atoms with E-state index in [1.54, 1.807) is 18.2 Å². The average Bonchev–Trinajstić information content (AvgIpc) is 2.37. The van der Waals surface area contributed by atoms with E-state index in [1.807, 2.05) is 18.2 Å². The Morgan fingerprint density at radius 2 is 2.17 bits per heavy atom. The van der Waals surface area contributed by atoms with Crippen LogP contribution in [-0.4, -0.2) is 10.9 Å². The Kier molecular flexibility index (Phi) is 3.79. The summed E-state index contributed by atoms with van der Waals surface area (Å²) in [4.78, 5) is 15.7. The van der Waals surface area contributed by atoms with E-state index in [0.29, 0.717) is 22.9 Å². The smallest absolute Gasteiger partial charge is 0.270 e. The molecule has 1 amide bonds. The number of pyridine rings is 1. The van der Waals surface area contributed by atoms with E-state index in [-0.39, 0.29) is 5.91 Å². The van der Waals surface area contributed by atoms with Crippen LogP contribution in [0.15, 0.2) is 42.6 Å². The lowest BCUT2D eigenvalue weighted by molar-refractivity contribution is 0.0946. The maximum Gasteiger partial charge on any atom is 0.270 e. The van der Waals surface area contributed by atoms with Crippen molar-refractivity contribution in [2.24, 2.45) is 0 Å². The van der Waals surface area contributed by atoms with E-state index in [1.165, 1.54) is 6.20 Å². The molecule has 1 aromatic heterocycles. The summed E-state index contributed by atoms with van der Waals surface area (Å²) in [6, 6.07) is 10.6. The van der Waals surface area contributed by atoms with Crippen molar-refractivity contribution in [3.05, 3.63) is 58.9 Å². The number of aromatic nitrogens is 1. The number of amides is 1. The highest BCUT2D eigenvalue weighted by Crippen LogP contribution is 2.08. The van der Waals surface area contributed by atoms with Crippen LogP contribution in [0.1, 0.15) is 16.1 Å². The first-order valence-electron chi connectivity index (χ1n) is 5.39. The topological polar surface area (TPSA) is 68.0 Å². The monoisotopic (exact) mass is 261 g/mol. The molecular formula is C13H12ClN3O. The highest BCUT2D eigenvalue weighted by Gasteiger charge is 2.06. The highest BCUT2D eigenvalue weighted by molar-refractivity contribution is 6.30. The van der Waals surface area contributed by atoms with Gasteiger partial charge in [0.05, 0.1) is 5.02 Å². The van der Waals surface area contributed by atoms with Crippen molar-refractivity contribution < 1.29 is 4.79 Å². The van der Waals surface area contributed by atoms with Crippen molar-refractivity contribution in [2.45, 2.75) is 6.54 Å². The minimum absolute atomic E-state index is 0.242. The van der Waals surface area contributed by atoms with E-state index in [4.69, 9.17) is 17.3 Å². The minimum atomic E-state index is -0.242. The number of carbonyl (C=O) groups excluding carboxylic acids is 1. The molecule has 0 spiro atoms. The average molecular weight is 262 g/mol. The molecule has 0 aliphatic rings. The number of anilines is 1. The van der Waals surface area contributed by atoms with Crippen LogP contribution < -0.4 is 11.1 Å². The predicted molar refractivity (Wildman–Crippen MR) is 71.3 cm³/mol. The largest absolute Gasteiger partial charge is 0.399 e. The molecule has 0 saturated carbocycles. The summed E-state index contributed by atoms with van der Waals surface area (Å²) >= 11 is 5.70. The molecule has 0 radical (unpaired) electrons. The molecule has 2 rings (SSSR count). The van der Waals surface area contributed by atoms with Crippen molar-refractivity contribution >= 4 is 23.2 Å². The number of rotatable bonds is 3.